The number of ether oxygens (including phenoxy) is 1. The van der Waals surface area contributed by atoms with Crippen molar-refractivity contribution in [2.45, 2.75) is 12.8 Å². The number of carbonyl (C=O) groups is 3. The van der Waals surface area contributed by atoms with Gasteiger partial charge in [-0.3, -0.25) is 14.5 Å². The lowest BCUT2D eigenvalue weighted by Crippen LogP contribution is -2.33. The summed E-state index contributed by atoms with van der Waals surface area (Å²) in [6, 6.07) is 6.69. The van der Waals surface area contributed by atoms with Crippen molar-refractivity contribution in [3.8, 4) is 0 Å². The van der Waals surface area contributed by atoms with Gasteiger partial charge in [-0.15, -0.1) is 0 Å². The number of likely N-dealkylation sites (tertiary alicyclic amines) is 1. The highest BCUT2D eigenvalue weighted by molar-refractivity contribution is 6.05. The molecule has 2 amide bonds. The number of allylic oxidation sites excluding steroid dienone is 2. The Kier molecular flexibility index (Phi) is 5.32. The Bertz CT molecular complexity index is 752. The minimum atomic E-state index is -0.424. The van der Waals surface area contributed by atoms with Crippen LogP contribution in [0, 0.1) is 11.8 Å². The monoisotopic (exact) mass is 355 g/mol. The molecule has 2 aliphatic rings. The second kappa shape index (κ2) is 7.66. The lowest BCUT2D eigenvalue weighted by atomic mass is 9.85. The van der Waals surface area contributed by atoms with Gasteiger partial charge in [-0.25, -0.2) is 4.79 Å². The Hall–Kier alpha value is -2.73. The highest BCUT2D eigenvalue weighted by atomic mass is 16.5. The van der Waals surface area contributed by atoms with Gasteiger partial charge in [0.2, 0.25) is 11.8 Å². The topological polar surface area (TPSA) is 83.9 Å². The maximum atomic E-state index is 12.5. The molecule has 0 bridgehead atoms. The van der Waals surface area contributed by atoms with E-state index in [2.05, 4.69) is 4.74 Å². The van der Waals surface area contributed by atoms with Gasteiger partial charge in [0.1, 0.15) is 0 Å². The minimum Gasteiger partial charge on any atom is -0.465 e. The number of esters is 1. The molecule has 1 fully saturated rings. The average Bonchev–Trinajstić information content (AvgIpc) is 2.92. The Morgan fingerprint density at radius 3 is 2.23 bits per heavy atom. The summed E-state index contributed by atoms with van der Waals surface area (Å²) in [6.07, 6.45) is 6.81. The van der Waals surface area contributed by atoms with Crippen molar-refractivity contribution < 1.29 is 24.2 Å². The quantitative estimate of drug-likeness (QED) is 0.495. The van der Waals surface area contributed by atoms with Crippen molar-refractivity contribution in [3.63, 3.8) is 0 Å². The molecule has 1 aliphatic heterocycles. The number of carbonyl (C=O) groups excluding carboxylic acids is 3. The van der Waals surface area contributed by atoms with Crippen LogP contribution in [0.3, 0.4) is 0 Å². The van der Waals surface area contributed by atoms with E-state index >= 15 is 0 Å². The Morgan fingerprint density at radius 2 is 1.73 bits per heavy atom. The van der Waals surface area contributed by atoms with E-state index in [0.29, 0.717) is 24.0 Å². The van der Waals surface area contributed by atoms with E-state index in [1.807, 2.05) is 12.2 Å². The molecule has 6 heteroatoms. The first-order valence-corrected chi connectivity index (χ1v) is 8.54. The normalized spacial score (nSPS) is 22.5. The predicted molar refractivity (Wildman–Crippen MR) is 94.9 cm³/mol. The van der Waals surface area contributed by atoms with Crippen LogP contribution in [-0.2, 0) is 14.3 Å². The summed E-state index contributed by atoms with van der Waals surface area (Å²) >= 11 is 0. The molecular weight excluding hydrogens is 334 g/mol. The summed E-state index contributed by atoms with van der Waals surface area (Å²) in [7, 11) is 1.32. The molecule has 0 aromatic heterocycles. The maximum absolute atomic E-state index is 12.5. The summed E-state index contributed by atoms with van der Waals surface area (Å²) in [6.45, 7) is -0.177. The van der Waals surface area contributed by atoms with Crippen LogP contribution in [0.15, 0.2) is 42.0 Å². The van der Waals surface area contributed by atoms with E-state index in [4.69, 9.17) is 0 Å². The number of hydrogen-bond acceptors (Lipinski definition) is 5. The van der Waals surface area contributed by atoms with Crippen molar-refractivity contribution in [2.75, 3.05) is 20.3 Å². The SMILES string of the molecule is COC(=O)c1ccc(C=C(CO)CN2C(=O)C3CC=CCC3C2=O)cc1. The fraction of sp³-hybridized carbons (Fsp3) is 0.350. The first-order chi connectivity index (χ1) is 12.5. The van der Waals surface area contributed by atoms with Gasteiger partial charge >= 0.3 is 5.97 Å². The molecule has 1 heterocycles. The van der Waals surface area contributed by atoms with Crippen molar-refractivity contribution in [2.24, 2.45) is 11.8 Å². The van der Waals surface area contributed by atoms with E-state index in [9.17, 15) is 19.5 Å². The third kappa shape index (κ3) is 3.46. The molecule has 0 spiro atoms. The molecule has 0 saturated carbocycles. The van der Waals surface area contributed by atoms with Crippen LogP contribution in [0.5, 0.6) is 0 Å². The fourth-order valence-corrected chi connectivity index (χ4v) is 3.44. The molecule has 2 atom stereocenters. The number of benzene rings is 1. The van der Waals surface area contributed by atoms with Crippen LogP contribution < -0.4 is 0 Å². The molecule has 1 N–H and O–H groups in total. The zero-order chi connectivity index (χ0) is 18.7. The Labute approximate surface area is 151 Å². The van der Waals surface area contributed by atoms with Crippen molar-refractivity contribution in [1.29, 1.82) is 0 Å². The number of methoxy groups -OCH3 is 1. The van der Waals surface area contributed by atoms with Crippen LogP contribution in [-0.4, -0.2) is 48.1 Å². The zero-order valence-electron chi connectivity index (χ0n) is 14.6. The van der Waals surface area contributed by atoms with Crippen LogP contribution in [0.4, 0.5) is 0 Å². The molecule has 136 valence electrons. The molecule has 3 rings (SSSR count). The summed E-state index contributed by atoms with van der Waals surface area (Å²) in [5.41, 5.74) is 1.75. The number of nitrogens with zero attached hydrogens (tertiary/aromatic N) is 1. The Morgan fingerprint density at radius 1 is 1.15 bits per heavy atom. The number of rotatable bonds is 5. The van der Waals surface area contributed by atoms with Gasteiger partial charge in [-0.05, 0) is 36.1 Å². The van der Waals surface area contributed by atoms with Crippen LogP contribution in [0.25, 0.3) is 6.08 Å². The number of hydrogen-bond donors (Lipinski definition) is 1. The van der Waals surface area contributed by atoms with E-state index in [-0.39, 0.29) is 36.8 Å². The molecule has 0 radical (unpaired) electrons. The minimum absolute atomic E-state index is 0.0833. The van der Waals surface area contributed by atoms with Crippen molar-refractivity contribution >= 4 is 23.9 Å². The first kappa shape index (κ1) is 18.1. The van der Waals surface area contributed by atoms with Crippen LogP contribution >= 0.6 is 0 Å². The highest BCUT2D eigenvalue weighted by Gasteiger charge is 2.47. The third-order valence-corrected chi connectivity index (χ3v) is 4.87. The highest BCUT2D eigenvalue weighted by Crippen LogP contribution is 2.35. The molecule has 26 heavy (non-hydrogen) atoms. The second-order valence-electron chi connectivity index (χ2n) is 6.49. The van der Waals surface area contributed by atoms with Gasteiger partial charge in [0, 0.05) is 0 Å². The lowest BCUT2D eigenvalue weighted by Gasteiger charge is -2.16. The zero-order valence-corrected chi connectivity index (χ0v) is 14.6. The molecule has 1 saturated heterocycles. The molecule has 1 aliphatic carbocycles. The Balaban J connectivity index is 1.75. The van der Waals surface area contributed by atoms with Gasteiger partial charge in [0.05, 0.1) is 37.7 Å². The largest absolute Gasteiger partial charge is 0.465 e. The van der Waals surface area contributed by atoms with Gasteiger partial charge in [-0.2, -0.15) is 0 Å². The van der Waals surface area contributed by atoms with Gasteiger partial charge in [0.25, 0.3) is 0 Å². The molecule has 1 aromatic rings. The van der Waals surface area contributed by atoms with E-state index in [1.54, 1.807) is 30.3 Å². The summed E-state index contributed by atoms with van der Waals surface area (Å²) in [5.74, 6) is -1.29. The molecule has 2 unspecified atom stereocenters. The number of aliphatic hydroxyl groups is 1. The average molecular weight is 355 g/mol. The summed E-state index contributed by atoms with van der Waals surface area (Å²) in [5, 5.41) is 9.66. The lowest BCUT2D eigenvalue weighted by molar-refractivity contribution is -0.139. The number of amides is 2. The standard InChI is InChI=1S/C20H21NO5/c1-26-20(25)15-8-6-13(7-9-15)10-14(12-22)11-21-18(23)16-4-2-3-5-17(16)19(21)24/h2-3,6-10,16-17,22H,4-5,11-12H2,1H3. The predicted octanol–water partition coefficient (Wildman–Crippen LogP) is 1.80. The van der Waals surface area contributed by atoms with Gasteiger partial charge in [-0.1, -0.05) is 30.4 Å². The van der Waals surface area contributed by atoms with Crippen LogP contribution in [0.1, 0.15) is 28.8 Å². The molecule has 1 aromatic carbocycles. The smallest absolute Gasteiger partial charge is 0.337 e. The molecular formula is C20H21NO5. The molecule has 6 nitrogen and oxygen atoms in total. The second-order valence-corrected chi connectivity index (χ2v) is 6.49. The van der Waals surface area contributed by atoms with Gasteiger partial charge in [0.15, 0.2) is 0 Å². The van der Waals surface area contributed by atoms with E-state index in [0.717, 1.165) is 5.56 Å². The van der Waals surface area contributed by atoms with E-state index < -0.39 is 5.97 Å². The fourth-order valence-electron chi connectivity index (χ4n) is 3.44. The van der Waals surface area contributed by atoms with Crippen molar-refractivity contribution in [3.05, 3.63) is 53.1 Å². The van der Waals surface area contributed by atoms with Crippen LogP contribution in [0.2, 0.25) is 0 Å². The van der Waals surface area contributed by atoms with E-state index in [1.165, 1.54) is 12.0 Å². The first-order valence-electron chi connectivity index (χ1n) is 8.54. The summed E-state index contributed by atoms with van der Waals surface area (Å²) < 4.78 is 4.66. The number of imide groups is 1. The number of aliphatic hydroxyl groups excluding tert-OH is 1. The number of fused-ring (bicyclic) bond motifs is 1. The van der Waals surface area contributed by atoms with Crippen molar-refractivity contribution in [1.82, 2.24) is 4.90 Å². The third-order valence-electron chi connectivity index (χ3n) is 4.87. The van der Waals surface area contributed by atoms with Gasteiger partial charge < -0.3 is 9.84 Å². The summed E-state index contributed by atoms with van der Waals surface area (Å²) in [4.78, 5) is 37.8. The maximum Gasteiger partial charge on any atom is 0.337 e.